The summed E-state index contributed by atoms with van der Waals surface area (Å²) in [5.41, 5.74) is 5.81. The highest BCUT2D eigenvalue weighted by Gasteiger charge is 2.28. The van der Waals surface area contributed by atoms with E-state index >= 15 is 0 Å². The van der Waals surface area contributed by atoms with Gasteiger partial charge in [-0.25, -0.2) is 4.98 Å². The van der Waals surface area contributed by atoms with Crippen molar-refractivity contribution >= 4 is 27.0 Å². The smallest absolute Gasteiger partial charge is 0.277 e. The summed E-state index contributed by atoms with van der Waals surface area (Å²) in [6.07, 6.45) is 4.58. The Hall–Kier alpha value is -2.67. The molecule has 0 saturated carbocycles. The van der Waals surface area contributed by atoms with Crippen molar-refractivity contribution in [2.75, 3.05) is 0 Å². The van der Waals surface area contributed by atoms with Crippen LogP contribution in [-0.4, -0.2) is 19.3 Å². The lowest BCUT2D eigenvalue weighted by Crippen LogP contribution is -2.24. The summed E-state index contributed by atoms with van der Waals surface area (Å²) in [5, 5.41) is 4.02. The van der Waals surface area contributed by atoms with Gasteiger partial charge in [-0.05, 0) is 56.0 Å². The van der Waals surface area contributed by atoms with Crippen LogP contribution >= 0.6 is 15.9 Å². The Morgan fingerprint density at radius 3 is 2.83 bits per heavy atom. The highest BCUT2D eigenvalue weighted by Crippen LogP contribution is 2.38. The van der Waals surface area contributed by atoms with E-state index in [9.17, 15) is 4.79 Å². The Morgan fingerprint density at radius 2 is 2.10 bits per heavy atom. The topological polar surface area (TPSA) is 65.8 Å². The molecule has 30 heavy (non-hydrogen) atoms. The van der Waals surface area contributed by atoms with Crippen molar-refractivity contribution in [3.05, 3.63) is 79.3 Å². The first-order valence-electron chi connectivity index (χ1n) is 10.3. The molecule has 7 heteroatoms. The molecule has 0 aliphatic heterocycles. The van der Waals surface area contributed by atoms with Gasteiger partial charge in [0, 0.05) is 22.7 Å². The predicted molar refractivity (Wildman–Crippen MR) is 119 cm³/mol. The summed E-state index contributed by atoms with van der Waals surface area (Å²) < 4.78 is 10.3. The van der Waals surface area contributed by atoms with Crippen LogP contribution in [0.3, 0.4) is 0 Å². The third-order valence-corrected chi connectivity index (χ3v) is 6.67. The van der Waals surface area contributed by atoms with Gasteiger partial charge in [-0.3, -0.25) is 4.79 Å². The second-order valence-corrected chi connectivity index (χ2v) is 8.85. The quantitative estimate of drug-likeness (QED) is 0.436. The average molecular weight is 467 g/mol. The second-order valence-electron chi connectivity index (χ2n) is 7.93. The molecule has 4 aromatic rings. The first-order valence-corrected chi connectivity index (χ1v) is 11.1. The van der Waals surface area contributed by atoms with Crippen molar-refractivity contribution in [2.45, 2.75) is 52.6 Å². The fraction of sp³-hybridized carbons (Fsp3) is 0.348. The molecular weight excluding hydrogens is 444 g/mol. The van der Waals surface area contributed by atoms with Gasteiger partial charge in [0.2, 0.25) is 0 Å². The van der Waals surface area contributed by atoms with Crippen LogP contribution < -0.4 is 5.56 Å². The van der Waals surface area contributed by atoms with Crippen molar-refractivity contribution in [1.29, 1.82) is 0 Å². The van der Waals surface area contributed by atoms with E-state index in [0.29, 0.717) is 12.1 Å². The van der Waals surface area contributed by atoms with Crippen LogP contribution in [0.2, 0.25) is 0 Å². The minimum absolute atomic E-state index is 0.0229. The molecule has 0 bridgehead atoms. The zero-order valence-electron chi connectivity index (χ0n) is 17.3. The summed E-state index contributed by atoms with van der Waals surface area (Å²) in [7, 11) is 0. The van der Waals surface area contributed by atoms with Crippen LogP contribution in [0, 0.1) is 13.8 Å². The Bertz CT molecular complexity index is 1310. The Kier molecular flexibility index (Phi) is 4.65. The molecule has 0 N–H and O–H groups in total. The molecule has 0 saturated heterocycles. The summed E-state index contributed by atoms with van der Waals surface area (Å²) in [6.45, 7) is 6.32. The van der Waals surface area contributed by atoms with E-state index in [1.54, 1.807) is 4.57 Å². The van der Waals surface area contributed by atoms with Crippen molar-refractivity contribution in [3.8, 4) is 0 Å². The molecule has 5 rings (SSSR count). The number of hydrogen-bond donors (Lipinski definition) is 0. The van der Waals surface area contributed by atoms with E-state index in [1.807, 2.05) is 26.1 Å². The van der Waals surface area contributed by atoms with Gasteiger partial charge in [0.05, 0.1) is 23.8 Å². The van der Waals surface area contributed by atoms with Gasteiger partial charge in [0.15, 0.2) is 0 Å². The second kappa shape index (κ2) is 7.23. The Balaban J connectivity index is 1.68. The molecule has 1 aromatic carbocycles. The van der Waals surface area contributed by atoms with E-state index in [-0.39, 0.29) is 11.6 Å². The van der Waals surface area contributed by atoms with Gasteiger partial charge in [-0.15, -0.1) is 0 Å². The fourth-order valence-electron chi connectivity index (χ4n) is 4.63. The third kappa shape index (κ3) is 2.95. The van der Waals surface area contributed by atoms with Crippen LogP contribution in [0.1, 0.15) is 53.4 Å². The molecule has 1 atom stereocenters. The largest absolute Gasteiger partial charge is 0.361 e. The van der Waals surface area contributed by atoms with E-state index < -0.39 is 0 Å². The number of hydrogen-bond acceptors (Lipinski definition) is 4. The molecule has 3 heterocycles. The first kappa shape index (κ1) is 19.3. The minimum atomic E-state index is -0.0229. The zero-order valence-corrected chi connectivity index (χ0v) is 18.9. The van der Waals surface area contributed by atoms with Crippen LogP contribution in [-0.2, 0) is 19.4 Å². The summed E-state index contributed by atoms with van der Waals surface area (Å²) in [5.74, 6) is 1.70. The molecule has 154 valence electrons. The lowest BCUT2D eigenvalue weighted by Gasteiger charge is -2.18. The highest BCUT2D eigenvalue weighted by molar-refractivity contribution is 9.10. The van der Waals surface area contributed by atoms with Crippen molar-refractivity contribution in [2.24, 2.45) is 0 Å². The molecule has 1 aliphatic carbocycles. The highest BCUT2D eigenvalue weighted by atomic mass is 79.9. The van der Waals surface area contributed by atoms with Gasteiger partial charge in [-0.2, -0.15) is 0 Å². The van der Waals surface area contributed by atoms with E-state index in [1.165, 1.54) is 11.1 Å². The molecule has 0 amide bonds. The Morgan fingerprint density at radius 1 is 1.27 bits per heavy atom. The number of halogens is 1. The number of nitrogens with zero attached hydrogens (tertiary/aromatic N) is 4. The molecule has 0 radical (unpaired) electrons. The number of fused-ring (bicyclic) bond motifs is 2. The van der Waals surface area contributed by atoms with Gasteiger partial charge in [-0.1, -0.05) is 34.1 Å². The average Bonchev–Trinajstić information content (AvgIpc) is 3.40. The van der Waals surface area contributed by atoms with Gasteiger partial charge < -0.3 is 13.7 Å². The van der Waals surface area contributed by atoms with E-state index in [4.69, 9.17) is 9.51 Å². The monoisotopic (exact) mass is 466 g/mol. The number of imidazole rings is 1. The van der Waals surface area contributed by atoms with E-state index in [0.717, 1.165) is 52.1 Å². The maximum atomic E-state index is 13.6. The minimum Gasteiger partial charge on any atom is -0.361 e. The van der Waals surface area contributed by atoms with E-state index in [2.05, 4.69) is 50.8 Å². The first-order chi connectivity index (χ1) is 14.5. The zero-order chi connectivity index (χ0) is 21.0. The summed E-state index contributed by atoms with van der Waals surface area (Å²) in [6, 6.07) is 8.53. The molecule has 0 unspecified atom stereocenters. The maximum absolute atomic E-state index is 13.6. The SMILES string of the molecule is CCc1nc2ccn(Cc3c(C)noc3C)c(=O)c2n1[C@H]1CCc2cc(Br)ccc21. The van der Waals surface area contributed by atoms with Crippen molar-refractivity contribution in [3.63, 3.8) is 0 Å². The van der Waals surface area contributed by atoms with Crippen molar-refractivity contribution in [1.82, 2.24) is 19.3 Å². The number of rotatable bonds is 4. The van der Waals surface area contributed by atoms with Crippen LogP contribution in [0.15, 0.2) is 44.3 Å². The van der Waals surface area contributed by atoms with Gasteiger partial charge >= 0.3 is 0 Å². The molecule has 3 aromatic heterocycles. The van der Waals surface area contributed by atoms with Crippen molar-refractivity contribution < 1.29 is 4.52 Å². The number of aromatic nitrogens is 4. The molecule has 0 fully saturated rings. The molecule has 6 nitrogen and oxygen atoms in total. The number of benzene rings is 1. The van der Waals surface area contributed by atoms with Gasteiger partial charge in [0.1, 0.15) is 17.1 Å². The fourth-order valence-corrected chi connectivity index (χ4v) is 5.04. The molecular formula is C23H23BrN4O2. The third-order valence-electron chi connectivity index (χ3n) is 6.18. The lowest BCUT2D eigenvalue weighted by molar-refractivity contribution is 0.392. The lowest BCUT2D eigenvalue weighted by atomic mass is 10.1. The van der Waals surface area contributed by atoms with Crippen LogP contribution in [0.5, 0.6) is 0 Å². The summed E-state index contributed by atoms with van der Waals surface area (Å²) in [4.78, 5) is 18.4. The summed E-state index contributed by atoms with van der Waals surface area (Å²) >= 11 is 3.58. The van der Waals surface area contributed by atoms with Gasteiger partial charge in [0.25, 0.3) is 5.56 Å². The molecule has 1 aliphatic rings. The standard InChI is InChI=1S/C23H23BrN4O2/c1-4-21-25-19-9-10-27(12-18-13(2)26-30-14(18)3)23(29)22(19)28(21)20-8-5-15-11-16(24)6-7-17(15)20/h6-7,9-11,20H,4-5,8,12H2,1-3H3/t20-/m0/s1. The maximum Gasteiger partial charge on any atom is 0.277 e. The normalized spacial score (nSPS) is 15.8. The number of pyridine rings is 1. The number of aryl methyl sites for hydroxylation is 4. The molecule has 0 spiro atoms. The Labute approximate surface area is 182 Å². The predicted octanol–water partition coefficient (Wildman–Crippen LogP) is 4.71. The van der Waals surface area contributed by atoms with Crippen LogP contribution in [0.25, 0.3) is 11.0 Å². The van der Waals surface area contributed by atoms with Crippen LogP contribution in [0.4, 0.5) is 0 Å².